The fourth-order valence-corrected chi connectivity index (χ4v) is 4.16. The zero-order valence-electron chi connectivity index (χ0n) is 19.7. The van der Waals surface area contributed by atoms with E-state index >= 15 is 0 Å². The van der Waals surface area contributed by atoms with Crippen LogP contribution in [0.3, 0.4) is 0 Å². The van der Waals surface area contributed by atoms with Crippen LogP contribution in [0.1, 0.15) is 86.6 Å². The third-order valence-corrected chi connectivity index (χ3v) is 6.66. The topological polar surface area (TPSA) is 94.8 Å². The number of hydrogen-bond donors (Lipinski definition) is 3. The van der Waals surface area contributed by atoms with Gasteiger partial charge in [-0.05, 0) is 66.9 Å². The molecule has 0 radical (unpaired) electrons. The van der Waals surface area contributed by atoms with Gasteiger partial charge in [0.25, 0.3) is 0 Å². The number of fused-ring (bicyclic) bond motifs is 1. The maximum Gasteiger partial charge on any atom is 0.197 e. The van der Waals surface area contributed by atoms with Gasteiger partial charge in [0.2, 0.25) is 0 Å². The lowest BCUT2D eigenvalue weighted by Gasteiger charge is -2.44. The largest absolute Gasteiger partial charge is 0.508 e. The highest BCUT2D eigenvalue weighted by atomic mass is 35.5. The summed E-state index contributed by atoms with van der Waals surface area (Å²) in [6.07, 6.45) is 6.86. The Hall–Kier alpha value is -2.37. The molecule has 2 rings (SSSR count). The van der Waals surface area contributed by atoms with Crippen molar-refractivity contribution in [1.29, 1.82) is 0 Å². The first-order valence-electron chi connectivity index (χ1n) is 10.7. The lowest BCUT2D eigenvalue weighted by Crippen LogP contribution is -2.63. The van der Waals surface area contributed by atoms with Gasteiger partial charge in [-0.2, -0.15) is 0 Å². The van der Waals surface area contributed by atoms with Gasteiger partial charge in [-0.15, -0.1) is 11.6 Å². The molecule has 0 spiro atoms. The zero-order valence-corrected chi connectivity index (χ0v) is 20.4. The molecule has 0 amide bonds. The molecule has 174 valence electrons. The fraction of sp³-hybridized carbons (Fsp3) is 0.462. The van der Waals surface area contributed by atoms with Crippen molar-refractivity contribution in [2.75, 3.05) is 0 Å². The highest BCUT2D eigenvalue weighted by Gasteiger charge is 2.62. The van der Waals surface area contributed by atoms with Crippen molar-refractivity contribution in [3.05, 3.63) is 57.7 Å². The number of phenolic OH excluding ortho intramolecular Hbond substituents is 2. The lowest BCUT2D eigenvalue weighted by molar-refractivity contribution is 0.00725. The third kappa shape index (κ3) is 4.69. The standard InChI is InChI=1S/C26H33ClO5/c1-15(2)8-7-9-17(5)11-13-26(32)23(30)19-14-20(28)18(6)22(29)21(19)24(31)25(26,27)12-10-16(3)4/h8,10-11,14,28-29,32H,7,9,12-13H2,1-6H3/b17-11+. The summed E-state index contributed by atoms with van der Waals surface area (Å²) in [7, 11) is 0. The van der Waals surface area contributed by atoms with E-state index in [-0.39, 0.29) is 35.3 Å². The minimum absolute atomic E-state index is 0.0755. The molecule has 32 heavy (non-hydrogen) atoms. The van der Waals surface area contributed by atoms with Gasteiger partial charge in [0, 0.05) is 17.5 Å². The lowest BCUT2D eigenvalue weighted by atomic mass is 9.66. The number of aromatic hydroxyl groups is 2. The van der Waals surface area contributed by atoms with Crippen molar-refractivity contribution in [3.63, 3.8) is 0 Å². The summed E-state index contributed by atoms with van der Waals surface area (Å²) in [4.78, 5) is 25.1. The fourth-order valence-electron chi connectivity index (χ4n) is 3.82. The average molecular weight is 461 g/mol. The summed E-state index contributed by atoms with van der Waals surface area (Å²) >= 11 is 6.82. The normalized spacial score (nSPS) is 23.1. The molecule has 0 aliphatic heterocycles. The third-order valence-electron chi connectivity index (χ3n) is 6.02. The van der Waals surface area contributed by atoms with Crippen molar-refractivity contribution < 1.29 is 24.9 Å². The highest BCUT2D eigenvalue weighted by Crippen LogP contribution is 2.49. The van der Waals surface area contributed by atoms with E-state index in [2.05, 4.69) is 6.08 Å². The second-order valence-corrected chi connectivity index (χ2v) is 9.82. The van der Waals surface area contributed by atoms with Crippen molar-refractivity contribution in [1.82, 2.24) is 0 Å². The molecule has 1 aromatic rings. The van der Waals surface area contributed by atoms with Crippen LogP contribution in [0.15, 0.2) is 41.0 Å². The Morgan fingerprint density at radius 2 is 1.56 bits per heavy atom. The molecule has 1 aliphatic carbocycles. The van der Waals surface area contributed by atoms with Crippen LogP contribution in [0.4, 0.5) is 0 Å². The number of carbonyl (C=O) groups is 2. The molecule has 0 saturated carbocycles. The van der Waals surface area contributed by atoms with Gasteiger partial charge < -0.3 is 15.3 Å². The van der Waals surface area contributed by atoms with E-state index in [9.17, 15) is 24.9 Å². The monoisotopic (exact) mass is 460 g/mol. The Morgan fingerprint density at radius 1 is 0.969 bits per heavy atom. The number of ketones is 2. The Bertz CT molecular complexity index is 1030. The molecule has 0 heterocycles. The van der Waals surface area contributed by atoms with Crippen molar-refractivity contribution >= 4 is 23.2 Å². The second kappa shape index (κ2) is 9.63. The molecule has 0 saturated heterocycles. The van der Waals surface area contributed by atoms with Gasteiger partial charge in [0.1, 0.15) is 16.4 Å². The molecule has 6 heteroatoms. The van der Waals surface area contributed by atoms with Crippen molar-refractivity contribution in [3.8, 4) is 11.5 Å². The molecular formula is C26H33ClO5. The van der Waals surface area contributed by atoms with Crippen LogP contribution < -0.4 is 0 Å². The first kappa shape index (κ1) is 25.9. The maximum atomic E-state index is 13.5. The number of Topliss-reactive ketones (excluding diaryl/α,β-unsaturated/α-hetero) is 2. The summed E-state index contributed by atoms with van der Waals surface area (Å²) in [5.74, 6) is -2.34. The van der Waals surface area contributed by atoms with Gasteiger partial charge in [-0.25, -0.2) is 0 Å². The smallest absolute Gasteiger partial charge is 0.197 e. The summed E-state index contributed by atoms with van der Waals surface area (Å²) < 4.78 is 0. The Labute approximate surface area is 195 Å². The minimum atomic E-state index is -2.24. The minimum Gasteiger partial charge on any atom is -0.508 e. The van der Waals surface area contributed by atoms with Gasteiger partial charge in [-0.1, -0.05) is 34.9 Å². The Morgan fingerprint density at radius 3 is 2.12 bits per heavy atom. The summed E-state index contributed by atoms with van der Waals surface area (Å²) in [5.41, 5.74) is 0.398. The average Bonchev–Trinajstić information content (AvgIpc) is 2.71. The number of allylic oxidation sites excluding steroid dienone is 5. The van der Waals surface area contributed by atoms with Crippen LogP contribution >= 0.6 is 11.6 Å². The van der Waals surface area contributed by atoms with Gasteiger partial charge in [0.15, 0.2) is 17.2 Å². The van der Waals surface area contributed by atoms with E-state index in [1.165, 1.54) is 12.5 Å². The number of hydrogen-bond acceptors (Lipinski definition) is 5. The van der Waals surface area contributed by atoms with Crippen molar-refractivity contribution in [2.24, 2.45) is 0 Å². The van der Waals surface area contributed by atoms with Crippen LogP contribution in [0, 0.1) is 6.92 Å². The van der Waals surface area contributed by atoms with E-state index in [1.807, 2.05) is 34.6 Å². The number of aliphatic hydroxyl groups is 1. The first-order chi connectivity index (χ1) is 14.8. The maximum absolute atomic E-state index is 13.5. The summed E-state index contributed by atoms with van der Waals surface area (Å²) in [6, 6.07) is 1.12. The number of benzene rings is 1. The molecular weight excluding hydrogens is 428 g/mol. The van der Waals surface area contributed by atoms with E-state index in [4.69, 9.17) is 11.6 Å². The number of halogens is 1. The molecule has 3 N–H and O–H groups in total. The number of carbonyl (C=O) groups excluding carboxylic acids is 2. The predicted octanol–water partition coefficient (Wildman–Crippen LogP) is 5.93. The van der Waals surface area contributed by atoms with Crippen LogP contribution in [-0.4, -0.2) is 37.4 Å². The van der Waals surface area contributed by atoms with Crippen LogP contribution in [0.5, 0.6) is 11.5 Å². The van der Waals surface area contributed by atoms with Crippen LogP contribution in [0.25, 0.3) is 0 Å². The molecule has 0 bridgehead atoms. The van der Waals surface area contributed by atoms with Crippen molar-refractivity contribution in [2.45, 2.75) is 77.7 Å². The molecule has 0 aromatic heterocycles. The van der Waals surface area contributed by atoms with Gasteiger partial charge in [0.05, 0.1) is 5.56 Å². The van der Waals surface area contributed by atoms with E-state index in [1.54, 1.807) is 12.2 Å². The van der Waals surface area contributed by atoms with E-state index in [0.717, 1.165) is 30.1 Å². The van der Waals surface area contributed by atoms with E-state index in [0.29, 0.717) is 0 Å². The summed E-state index contributed by atoms with van der Waals surface area (Å²) in [6.45, 7) is 11.0. The molecule has 0 fully saturated rings. The van der Waals surface area contributed by atoms with E-state index < -0.39 is 27.8 Å². The number of alkyl halides is 1. The SMILES string of the molecule is CC(C)=CCC/C(C)=C/CC1(O)C(=O)c2cc(O)c(C)c(O)c2C(=O)C1(Cl)CC=C(C)C. The zero-order chi connectivity index (χ0) is 24.4. The predicted molar refractivity (Wildman–Crippen MR) is 128 cm³/mol. The quantitative estimate of drug-likeness (QED) is 0.346. The second-order valence-electron chi connectivity index (χ2n) is 9.17. The Kier molecular flexibility index (Phi) is 7.79. The number of phenols is 2. The van der Waals surface area contributed by atoms with Gasteiger partial charge >= 0.3 is 0 Å². The highest BCUT2D eigenvalue weighted by molar-refractivity contribution is 6.44. The molecule has 5 nitrogen and oxygen atoms in total. The first-order valence-corrected chi connectivity index (χ1v) is 11.1. The molecule has 1 aliphatic rings. The van der Waals surface area contributed by atoms with Crippen LogP contribution in [-0.2, 0) is 0 Å². The van der Waals surface area contributed by atoms with Gasteiger partial charge in [-0.3, -0.25) is 9.59 Å². The van der Waals surface area contributed by atoms with Crippen LogP contribution in [0.2, 0.25) is 0 Å². The molecule has 2 unspecified atom stereocenters. The Balaban J connectivity index is 2.62. The molecule has 1 aromatic carbocycles. The summed E-state index contributed by atoms with van der Waals surface area (Å²) in [5, 5.41) is 32.3. The number of rotatable bonds is 7. The molecule has 2 atom stereocenters.